The number of anilines is 1. The van der Waals surface area contributed by atoms with E-state index in [1.54, 1.807) is 17.7 Å². The van der Waals surface area contributed by atoms with E-state index in [1.807, 2.05) is 29.1 Å². The first kappa shape index (κ1) is 12.7. The van der Waals surface area contributed by atoms with E-state index >= 15 is 0 Å². The number of nitrogens with zero attached hydrogens (tertiary/aromatic N) is 5. The Balaban J connectivity index is 1.90. The molecule has 3 aromatic heterocycles. The Bertz CT molecular complexity index is 761. The number of morpholine rings is 1. The molecule has 4 heterocycles. The van der Waals surface area contributed by atoms with E-state index in [0.717, 1.165) is 54.0 Å². The van der Waals surface area contributed by atoms with E-state index in [4.69, 9.17) is 9.72 Å². The van der Waals surface area contributed by atoms with Crippen LogP contribution in [0.5, 0.6) is 0 Å². The fourth-order valence-corrected chi connectivity index (χ4v) is 3.16. The summed E-state index contributed by atoms with van der Waals surface area (Å²) in [6, 6.07) is 4.07. The third-order valence-corrected chi connectivity index (χ3v) is 4.46. The molecule has 108 valence electrons. The van der Waals surface area contributed by atoms with Crippen LogP contribution < -0.4 is 4.90 Å². The molecule has 7 heteroatoms. The largest absolute Gasteiger partial charge is 0.378 e. The molecule has 21 heavy (non-hydrogen) atoms. The first-order chi connectivity index (χ1) is 10.3. The number of aryl methyl sites for hydroxylation is 1. The van der Waals surface area contributed by atoms with Crippen molar-refractivity contribution >= 4 is 28.3 Å². The molecule has 0 spiro atoms. The molecule has 6 nitrogen and oxygen atoms in total. The Labute approximate surface area is 126 Å². The Morgan fingerprint density at radius 2 is 2.10 bits per heavy atom. The molecule has 0 saturated carbocycles. The second kappa shape index (κ2) is 5.09. The Morgan fingerprint density at radius 1 is 1.24 bits per heavy atom. The van der Waals surface area contributed by atoms with Gasteiger partial charge >= 0.3 is 0 Å². The van der Waals surface area contributed by atoms with Crippen molar-refractivity contribution in [3.05, 3.63) is 23.8 Å². The molecule has 0 aromatic carbocycles. The predicted molar refractivity (Wildman–Crippen MR) is 82.6 cm³/mol. The van der Waals surface area contributed by atoms with Gasteiger partial charge in [0, 0.05) is 20.1 Å². The number of aromatic nitrogens is 4. The monoisotopic (exact) mass is 301 g/mol. The van der Waals surface area contributed by atoms with E-state index < -0.39 is 0 Å². The van der Waals surface area contributed by atoms with Gasteiger partial charge in [-0.25, -0.2) is 15.0 Å². The highest BCUT2D eigenvalue weighted by atomic mass is 32.1. The van der Waals surface area contributed by atoms with Crippen LogP contribution in [0.1, 0.15) is 0 Å². The van der Waals surface area contributed by atoms with Crippen LogP contribution in [0.25, 0.3) is 21.9 Å². The summed E-state index contributed by atoms with van der Waals surface area (Å²) in [4.78, 5) is 17.2. The molecule has 0 N–H and O–H groups in total. The third kappa shape index (κ3) is 2.18. The van der Waals surface area contributed by atoms with Crippen LogP contribution >= 0.6 is 11.3 Å². The quantitative estimate of drug-likeness (QED) is 0.724. The second-order valence-electron chi connectivity index (χ2n) is 4.98. The van der Waals surface area contributed by atoms with Crippen LogP contribution in [-0.4, -0.2) is 45.8 Å². The molecular weight excluding hydrogens is 286 g/mol. The van der Waals surface area contributed by atoms with Crippen LogP contribution in [0.4, 0.5) is 5.82 Å². The van der Waals surface area contributed by atoms with Gasteiger partial charge in [-0.3, -0.25) is 0 Å². The lowest BCUT2D eigenvalue weighted by Gasteiger charge is -2.28. The Morgan fingerprint density at radius 3 is 2.86 bits per heavy atom. The molecule has 3 aromatic rings. The molecule has 0 unspecified atom stereocenters. The Kier molecular flexibility index (Phi) is 3.08. The van der Waals surface area contributed by atoms with E-state index in [0.29, 0.717) is 0 Å². The zero-order chi connectivity index (χ0) is 14.2. The molecule has 0 radical (unpaired) electrons. The van der Waals surface area contributed by atoms with Crippen molar-refractivity contribution in [1.29, 1.82) is 0 Å². The molecule has 1 fully saturated rings. The first-order valence-corrected chi connectivity index (χ1v) is 7.76. The van der Waals surface area contributed by atoms with Crippen molar-refractivity contribution in [1.82, 2.24) is 19.5 Å². The summed E-state index contributed by atoms with van der Waals surface area (Å²) in [5.41, 5.74) is 1.73. The minimum Gasteiger partial charge on any atom is -0.378 e. The molecule has 0 bridgehead atoms. The van der Waals surface area contributed by atoms with Gasteiger partial charge in [-0.1, -0.05) is 6.07 Å². The van der Waals surface area contributed by atoms with E-state index in [-0.39, 0.29) is 0 Å². The summed E-state index contributed by atoms with van der Waals surface area (Å²) in [6.45, 7) is 3.14. The van der Waals surface area contributed by atoms with E-state index in [9.17, 15) is 0 Å². The van der Waals surface area contributed by atoms with E-state index in [1.165, 1.54) is 0 Å². The highest BCUT2D eigenvalue weighted by molar-refractivity contribution is 7.13. The average molecular weight is 301 g/mol. The maximum absolute atomic E-state index is 5.43. The fourth-order valence-electron chi connectivity index (χ4n) is 2.50. The summed E-state index contributed by atoms with van der Waals surface area (Å²) in [6.07, 6.45) is 1.79. The number of rotatable bonds is 2. The van der Waals surface area contributed by atoms with Crippen molar-refractivity contribution in [2.75, 3.05) is 31.2 Å². The van der Waals surface area contributed by atoms with Gasteiger partial charge in [0.05, 0.1) is 24.4 Å². The van der Waals surface area contributed by atoms with Crippen molar-refractivity contribution in [2.24, 2.45) is 7.05 Å². The van der Waals surface area contributed by atoms with Gasteiger partial charge < -0.3 is 14.2 Å². The summed E-state index contributed by atoms with van der Waals surface area (Å²) < 4.78 is 7.37. The minimum absolute atomic E-state index is 0.729. The Hall–Kier alpha value is -1.99. The van der Waals surface area contributed by atoms with Gasteiger partial charge in [0.1, 0.15) is 0 Å². The van der Waals surface area contributed by atoms with Gasteiger partial charge in [0.25, 0.3) is 0 Å². The van der Waals surface area contributed by atoms with Crippen LogP contribution in [0.2, 0.25) is 0 Å². The van der Waals surface area contributed by atoms with Crippen molar-refractivity contribution in [3.8, 4) is 10.7 Å². The maximum Gasteiger partial charge on any atom is 0.173 e. The summed E-state index contributed by atoms with van der Waals surface area (Å²) in [7, 11) is 1.96. The smallest absolute Gasteiger partial charge is 0.173 e. The number of hydrogen-bond donors (Lipinski definition) is 0. The predicted octanol–water partition coefficient (Wildman–Crippen LogP) is 1.93. The SMILES string of the molecule is Cn1cnc2c(N3CCOCC3)nc(-c3cccs3)nc21. The number of thiophene rings is 1. The molecule has 1 aliphatic rings. The standard InChI is InChI=1S/C14H15N5OS/c1-18-9-15-11-13(18)16-12(10-3-2-8-21-10)17-14(11)19-4-6-20-7-5-19/h2-3,8-9H,4-7H2,1H3. The number of hydrogen-bond acceptors (Lipinski definition) is 6. The molecule has 0 atom stereocenters. The zero-order valence-corrected chi connectivity index (χ0v) is 12.5. The molecule has 1 aliphatic heterocycles. The average Bonchev–Trinajstić information content (AvgIpc) is 3.18. The van der Waals surface area contributed by atoms with E-state index in [2.05, 4.69) is 14.9 Å². The first-order valence-electron chi connectivity index (χ1n) is 6.88. The third-order valence-electron chi connectivity index (χ3n) is 3.59. The van der Waals surface area contributed by atoms with Gasteiger partial charge in [-0.2, -0.15) is 0 Å². The van der Waals surface area contributed by atoms with Crippen LogP contribution in [0.3, 0.4) is 0 Å². The zero-order valence-electron chi connectivity index (χ0n) is 11.7. The molecule has 4 rings (SSSR count). The van der Waals surface area contributed by atoms with Gasteiger partial charge in [-0.15, -0.1) is 11.3 Å². The lowest BCUT2D eigenvalue weighted by Crippen LogP contribution is -2.37. The lowest BCUT2D eigenvalue weighted by molar-refractivity contribution is 0.122. The van der Waals surface area contributed by atoms with Crippen LogP contribution in [0, 0.1) is 0 Å². The number of fused-ring (bicyclic) bond motifs is 1. The van der Waals surface area contributed by atoms with Gasteiger partial charge in [-0.05, 0) is 11.4 Å². The highest BCUT2D eigenvalue weighted by Crippen LogP contribution is 2.28. The summed E-state index contributed by atoms with van der Waals surface area (Å²) >= 11 is 1.65. The van der Waals surface area contributed by atoms with Gasteiger partial charge in [0.2, 0.25) is 0 Å². The number of ether oxygens (including phenoxy) is 1. The van der Waals surface area contributed by atoms with Crippen molar-refractivity contribution in [2.45, 2.75) is 0 Å². The molecule has 0 aliphatic carbocycles. The molecule has 1 saturated heterocycles. The van der Waals surface area contributed by atoms with Crippen LogP contribution in [-0.2, 0) is 11.8 Å². The summed E-state index contributed by atoms with van der Waals surface area (Å²) in [5.74, 6) is 1.68. The topological polar surface area (TPSA) is 56.1 Å². The normalized spacial score (nSPS) is 15.8. The lowest BCUT2D eigenvalue weighted by atomic mass is 10.3. The minimum atomic E-state index is 0.729. The molecule has 0 amide bonds. The molecular formula is C14H15N5OS. The fraction of sp³-hybridized carbons (Fsp3) is 0.357. The van der Waals surface area contributed by atoms with Gasteiger partial charge in [0.15, 0.2) is 22.8 Å². The van der Waals surface area contributed by atoms with Crippen LogP contribution in [0.15, 0.2) is 23.8 Å². The maximum atomic E-state index is 5.43. The number of imidazole rings is 1. The highest BCUT2D eigenvalue weighted by Gasteiger charge is 2.20. The van der Waals surface area contributed by atoms with Crippen molar-refractivity contribution < 1.29 is 4.74 Å². The second-order valence-corrected chi connectivity index (χ2v) is 5.92. The van der Waals surface area contributed by atoms with Crippen molar-refractivity contribution in [3.63, 3.8) is 0 Å². The summed E-state index contributed by atoms with van der Waals surface area (Å²) in [5, 5.41) is 2.04.